The molecular weight excluding hydrogens is 590 g/mol. The maximum atomic E-state index is 13.5. The van der Waals surface area contributed by atoms with Crippen LogP contribution in [0.15, 0.2) is 127 Å². The van der Waals surface area contributed by atoms with E-state index in [9.17, 15) is 9.90 Å². The SMILES string of the molecule is COc1ccc(C(OCCN(CCO)C(=O)OCC2c3ccccc3-c3ccccc32)(c2ccccc2)c2ccc(OC)cc2)cc1. The number of benzene rings is 5. The van der Waals surface area contributed by atoms with Crippen LogP contribution in [0, 0.1) is 0 Å². The fourth-order valence-electron chi connectivity index (χ4n) is 6.48. The first-order valence-electron chi connectivity index (χ1n) is 15.8. The molecule has 0 unspecified atom stereocenters. The number of hydrogen-bond donors (Lipinski definition) is 1. The van der Waals surface area contributed by atoms with E-state index in [4.69, 9.17) is 18.9 Å². The van der Waals surface area contributed by atoms with Gasteiger partial charge in [0, 0.05) is 19.0 Å². The lowest BCUT2D eigenvalue weighted by Crippen LogP contribution is -2.40. The van der Waals surface area contributed by atoms with Crippen molar-refractivity contribution >= 4 is 6.09 Å². The smallest absolute Gasteiger partial charge is 0.409 e. The molecule has 0 spiro atoms. The van der Waals surface area contributed by atoms with Gasteiger partial charge in [-0.3, -0.25) is 0 Å². The number of carbonyl (C=O) groups is 1. The van der Waals surface area contributed by atoms with Gasteiger partial charge in [-0.1, -0.05) is 103 Å². The zero-order valence-corrected chi connectivity index (χ0v) is 26.7. The summed E-state index contributed by atoms with van der Waals surface area (Å²) < 4.78 is 23.8. The normalized spacial score (nSPS) is 12.2. The van der Waals surface area contributed by atoms with Gasteiger partial charge in [0.25, 0.3) is 0 Å². The molecule has 0 saturated heterocycles. The van der Waals surface area contributed by atoms with Crippen LogP contribution in [0.4, 0.5) is 4.79 Å². The summed E-state index contributed by atoms with van der Waals surface area (Å²) >= 11 is 0. The standard InChI is InChI=1S/C40H39NO6/c1-44-32-20-16-30(17-21-32)40(29-10-4-3-5-11-29,31-18-22-33(45-2)23-19-31)47-27-25-41(24-26-42)39(43)46-28-38-36-14-8-6-12-34(36)35-13-7-9-15-37(35)38/h3-23,38,42H,24-28H2,1-2H3. The maximum absolute atomic E-state index is 13.5. The van der Waals surface area contributed by atoms with Gasteiger partial charge in [-0.05, 0) is 63.2 Å². The topological polar surface area (TPSA) is 77.5 Å². The van der Waals surface area contributed by atoms with Crippen molar-refractivity contribution in [3.05, 3.63) is 155 Å². The zero-order chi connectivity index (χ0) is 32.6. The number of carbonyl (C=O) groups excluding carboxylic acids is 1. The van der Waals surface area contributed by atoms with Gasteiger partial charge < -0.3 is 29.0 Å². The molecule has 0 fully saturated rings. The third kappa shape index (κ3) is 6.45. The highest BCUT2D eigenvalue weighted by Crippen LogP contribution is 2.45. The van der Waals surface area contributed by atoms with Crippen LogP contribution >= 0.6 is 0 Å². The molecule has 5 aromatic carbocycles. The number of amides is 1. The second-order valence-corrected chi connectivity index (χ2v) is 11.4. The van der Waals surface area contributed by atoms with Crippen molar-refractivity contribution in [2.24, 2.45) is 0 Å². The van der Waals surface area contributed by atoms with Crippen LogP contribution in [0.25, 0.3) is 11.1 Å². The van der Waals surface area contributed by atoms with Gasteiger partial charge in [-0.25, -0.2) is 4.79 Å². The van der Waals surface area contributed by atoms with Crippen LogP contribution in [0.5, 0.6) is 11.5 Å². The number of fused-ring (bicyclic) bond motifs is 3. The molecule has 47 heavy (non-hydrogen) atoms. The van der Waals surface area contributed by atoms with Gasteiger partial charge >= 0.3 is 6.09 Å². The molecule has 6 rings (SSSR count). The average Bonchev–Trinajstić information content (AvgIpc) is 3.46. The van der Waals surface area contributed by atoms with Crippen LogP contribution in [0.2, 0.25) is 0 Å². The molecule has 5 aromatic rings. The van der Waals surface area contributed by atoms with Gasteiger partial charge in [0.05, 0.1) is 27.4 Å². The summed E-state index contributed by atoms with van der Waals surface area (Å²) in [7, 11) is 3.27. The molecule has 0 atom stereocenters. The molecule has 1 aliphatic rings. The first-order valence-corrected chi connectivity index (χ1v) is 15.8. The second-order valence-electron chi connectivity index (χ2n) is 11.4. The minimum atomic E-state index is -1.02. The number of ether oxygens (including phenoxy) is 4. The Kier molecular flexibility index (Phi) is 9.86. The highest BCUT2D eigenvalue weighted by Gasteiger charge is 2.38. The Hall–Kier alpha value is -5.11. The predicted octanol–water partition coefficient (Wildman–Crippen LogP) is 7.26. The first-order chi connectivity index (χ1) is 23.1. The molecule has 1 N–H and O–H groups in total. The number of hydrogen-bond acceptors (Lipinski definition) is 6. The van der Waals surface area contributed by atoms with E-state index in [-0.39, 0.29) is 38.8 Å². The molecule has 0 aliphatic heterocycles. The minimum absolute atomic E-state index is 0.0607. The molecule has 7 nitrogen and oxygen atoms in total. The number of aliphatic hydroxyl groups excluding tert-OH is 1. The van der Waals surface area contributed by atoms with Crippen LogP contribution < -0.4 is 9.47 Å². The van der Waals surface area contributed by atoms with E-state index in [0.717, 1.165) is 39.3 Å². The lowest BCUT2D eigenvalue weighted by molar-refractivity contribution is -0.00173. The molecular formula is C40H39NO6. The molecule has 0 aromatic heterocycles. The van der Waals surface area contributed by atoms with Crippen molar-refractivity contribution in [3.63, 3.8) is 0 Å². The Morgan fingerprint density at radius 3 is 1.66 bits per heavy atom. The zero-order valence-electron chi connectivity index (χ0n) is 26.7. The van der Waals surface area contributed by atoms with Crippen molar-refractivity contribution < 1.29 is 28.8 Å². The van der Waals surface area contributed by atoms with Crippen molar-refractivity contribution in [2.75, 3.05) is 47.1 Å². The molecule has 240 valence electrons. The van der Waals surface area contributed by atoms with Crippen LogP contribution in [0.3, 0.4) is 0 Å². The van der Waals surface area contributed by atoms with Gasteiger partial charge in [-0.2, -0.15) is 0 Å². The Bertz CT molecular complexity index is 1680. The van der Waals surface area contributed by atoms with E-state index in [1.807, 2.05) is 103 Å². The first kappa shape index (κ1) is 31.9. The van der Waals surface area contributed by atoms with E-state index in [2.05, 4.69) is 24.3 Å². The van der Waals surface area contributed by atoms with Gasteiger partial charge in [0.2, 0.25) is 0 Å². The molecule has 0 radical (unpaired) electrons. The molecule has 7 heteroatoms. The van der Waals surface area contributed by atoms with E-state index in [1.54, 1.807) is 14.2 Å². The van der Waals surface area contributed by atoms with Crippen molar-refractivity contribution in [3.8, 4) is 22.6 Å². The van der Waals surface area contributed by atoms with Crippen molar-refractivity contribution in [1.82, 2.24) is 4.90 Å². The van der Waals surface area contributed by atoms with E-state index >= 15 is 0 Å². The average molecular weight is 630 g/mol. The molecule has 1 amide bonds. The summed E-state index contributed by atoms with van der Waals surface area (Å²) in [6.45, 7) is 0.477. The van der Waals surface area contributed by atoms with Gasteiger partial charge in [-0.15, -0.1) is 0 Å². The summed E-state index contributed by atoms with van der Waals surface area (Å²) in [6.07, 6.45) is -0.497. The summed E-state index contributed by atoms with van der Waals surface area (Å²) in [5.41, 5.74) is 6.30. The van der Waals surface area contributed by atoms with Crippen LogP contribution in [-0.4, -0.2) is 63.2 Å². The quantitative estimate of drug-likeness (QED) is 0.138. The number of methoxy groups -OCH3 is 2. The van der Waals surface area contributed by atoms with E-state index < -0.39 is 11.7 Å². The van der Waals surface area contributed by atoms with E-state index in [1.165, 1.54) is 16.0 Å². The van der Waals surface area contributed by atoms with Crippen molar-refractivity contribution in [1.29, 1.82) is 0 Å². The number of rotatable bonds is 13. The third-order valence-electron chi connectivity index (χ3n) is 8.82. The highest BCUT2D eigenvalue weighted by atomic mass is 16.6. The Balaban J connectivity index is 1.25. The largest absolute Gasteiger partial charge is 0.497 e. The summed E-state index contributed by atoms with van der Waals surface area (Å²) in [4.78, 5) is 15.0. The predicted molar refractivity (Wildman–Crippen MR) is 182 cm³/mol. The number of aliphatic hydroxyl groups is 1. The van der Waals surface area contributed by atoms with Gasteiger partial charge in [0.1, 0.15) is 23.7 Å². The Morgan fingerprint density at radius 1 is 0.660 bits per heavy atom. The van der Waals surface area contributed by atoms with Crippen LogP contribution in [-0.2, 0) is 15.1 Å². The fourth-order valence-corrected chi connectivity index (χ4v) is 6.48. The summed E-state index contributed by atoms with van der Waals surface area (Å²) in [5, 5.41) is 9.90. The van der Waals surface area contributed by atoms with Crippen LogP contribution in [0.1, 0.15) is 33.7 Å². The molecule has 1 aliphatic carbocycles. The lowest BCUT2D eigenvalue weighted by Gasteiger charge is -2.36. The fraction of sp³-hybridized carbons (Fsp3) is 0.225. The highest BCUT2D eigenvalue weighted by molar-refractivity contribution is 5.79. The second kappa shape index (κ2) is 14.5. The monoisotopic (exact) mass is 629 g/mol. The summed E-state index contributed by atoms with van der Waals surface area (Å²) in [6, 6.07) is 42.1. The number of nitrogens with zero attached hydrogens (tertiary/aromatic N) is 1. The van der Waals surface area contributed by atoms with Gasteiger partial charge in [0.15, 0.2) is 0 Å². The Labute approximate surface area is 275 Å². The van der Waals surface area contributed by atoms with Crippen molar-refractivity contribution in [2.45, 2.75) is 11.5 Å². The molecule has 0 bridgehead atoms. The maximum Gasteiger partial charge on any atom is 0.409 e. The summed E-state index contributed by atoms with van der Waals surface area (Å²) in [5.74, 6) is 1.40. The third-order valence-corrected chi connectivity index (χ3v) is 8.82. The Morgan fingerprint density at radius 2 is 1.15 bits per heavy atom. The minimum Gasteiger partial charge on any atom is -0.497 e. The van der Waals surface area contributed by atoms with E-state index in [0.29, 0.717) is 0 Å². The molecule has 0 heterocycles. The molecule has 0 saturated carbocycles. The lowest BCUT2D eigenvalue weighted by atomic mass is 9.80.